The molecule has 1 amide bonds. The number of aromatic nitrogens is 1. The Morgan fingerprint density at radius 2 is 2.06 bits per heavy atom. The van der Waals surface area contributed by atoms with Gasteiger partial charge in [-0.25, -0.2) is 9.78 Å². The Kier molecular flexibility index (Phi) is 3.14. The number of amides is 1. The maximum atomic E-state index is 10.7. The SMILES string of the molecule is O=C(O)N1CCN(c2ncccc2Cl)CC1. The predicted molar refractivity (Wildman–Crippen MR) is 61.1 cm³/mol. The molecular formula is C10H12ClN3O2. The fourth-order valence-electron chi connectivity index (χ4n) is 1.72. The Labute approximate surface area is 98.2 Å². The minimum absolute atomic E-state index is 0.488. The molecule has 16 heavy (non-hydrogen) atoms. The number of hydrogen-bond acceptors (Lipinski definition) is 3. The molecule has 1 saturated heterocycles. The van der Waals surface area contributed by atoms with Crippen LogP contribution < -0.4 is 4.90 Å². The molecule has 0 aliphatic carbocycles. The van der Waals surface area contributed by atoms with Crippen molar-refractivity contribution in [2.75, 3.05) is 31.1 Å². The smallest absolute Gasteiger partial charge is 0.407 e. The molecule has 86 valence electrons. The van der Waals surface area contributed by atoms with E-state index in [2.05, 4.69) is 4.98 Å². The average molecular weight is 242 g/mol. The zero-order valence-corrected chi connectivity index (χ0v) is 9.39. The molecule has 0 spiro atoms. The Balaban J connectivity index is 2.05. The second-order valence-corrected chi connectivity index (χ2v) is 3.97. The molecule has 1 aromatic heterocycles. The number of carboxylic acid groups (broad SMARTS) is 1. The zero-order valence-electron chi connectivity index (χ0n) is 8.64. The Hall–Kier alpha value is -1.49. The first kappa shape index (κ1) is 11.0. The number of piperazine rings is 1. The molecule has 6 heteroatoms. The maximum Gasteiger partial charge on any atom is 0.407 e. The highest BCUT2D eigenvalue weighted by molar-refractivity contribution is 6.32. The Morgan fingerprint density at radius 1 is 1.38 bits per heavy atom. The molecular weight excluding hydrogens is 230 g/mol. The first-order chi connectivity index (χ1) is 7.68. The molecule has 2 heterocycles. The third kappa shape index (κ3) is 2.19. The van der Waals surface area contributed by atoms with Crippen LogP contribution in [0.5, 0.6) is 0 Å². The number of anilines is 1. The lowest BCUT2D eigenvalue weighted by Crippen LogP contribution is -2.48. The zero-order chi connectivity index (χ0) is 11.5. The number of nitrogens with zero attached hydrogens (tertiary/aromatic N) is 3. The normalized spacial score (nSPS) is 16.3. The predicted octanol–water partition coefficient (Wildman–Crippen LogP) is 1.54. The fourth-order valence-corrected chi connectivity index (χ4v) is 1.96. The van der Waals surface area contributed by atoms with Gasteiger partial charge in [-0.1, -0.05) is 11.6 Å². The van der Waals surface area contributed by atoms with Crippen LogP contribution in [0.1, 0.15) is 0 Å². The third-order valence-corrected chi connectivity index (χ3v) is 2.88. The number of hydrogen-bond donors (Lipinski definition) is 1. The van der Waals surface area contributed by atoms with Crippen molar-refractivity contribution in [1.82, 2.24) is 9.88 Å². The van der Waals surface area contributed by atoms with Gasteiger partial charge < -0.3 is 14.9 Å². The summed E-state index contributed by atoms with van der Waals surface area (Å²) in [6, 6.07) is 3.56. The van der Waals surface area contributed by atoms with E-state index >= 15 is 0 Å². The van der Waals surface area contributed by atoms with Crippen LogP contribution in [0.2, 0.25) is 5.02 Å². The quantitative estimate of drug-likeness (QED) is 0.810. The second kappa shape index (κ2) is 4.57. The highest BCUT2D eigenvalue weighted by Gasteiger charge is 2.22. The molecule has 1 fully saturated rings. The van der Waals surface area contributed by atoms with Crippen molar-refractivity contribution in [1.29, 1.82) is 0 Å². The number of rotatable bonds is 1. The van der Waals surface area contributed by atoms with E-state index in [4.69, 9.17) is 16.7 Å². The largest absolute Gasteiger partial charge is 0.465 e. The van der Waals surface area contributed by atoms with E-state index in [1.165, 1.54) is 4.90 Å². The number of halogens is 1. The number of carbonyl (C=O) groups is 1. The van der Waals surface area contributed by atoms with Gasteiger partial charge in [0.15, 0.2) is 0 Å². The molecule has 0 unspecified atom stereocenters. The average Bonchev–Trinajstić information content (AvgIpc) is 2.30. The van der Waals surface area contributed by atoms with Gasteiger partial charge in [0.05, 0.1) is 5.02 Å². The summed E-state index contributed by atoms with van der Waals surface area (Å²) in [6.07, 6.45) is 0.817. The summed E-state index contributed by atoms with van der Waals surface area (Å²) < 4.78 is 0. The van der Waals surface area contributed by atoms with Gasteiger partial charge >= 0.3 is 6.09 Å². The van der Waals surface area contributed by atoms with Crippen molar-refractivity contribution in [3.05, 3.63) is 23.4 Å². The minimum Gasteiger partial charge on any atom is -0.465 e. The maximum absolute atomic E-state index is 10.7. The molecule has 1 N–H and O–H groups in total. The summed E-state index contributed by atoms with van der Waals surface area (Å²) >= 11 is 6.02. The van der Waals surface area contributed by atoms with Gasteiger partial charge in [-0.15, -0.1) is 0 Å². The van der Waals surface area contributed by atoms with Crippen LogP contribution in [0, 0.1) is 0 Å². The minimum atomic E-state index is -0.869. The van der Waals surface area contributed by atoms with E-state index < -0.39 is 6.09 Å². The van der Waals surface area contributed by atoms with Crippen LogP contribution in [0.4, 0.5) is 10.6 Å². The van der Waals surface area contributed by atoms with Gasteiger partial charge in [-0.05, 0) is 12.1 Å². The molecule has 1 aliphatic heterocycles. The number of pyridine rings is 1. The molecule has 0 bridgehead atoms. The van der Waals surface area contributed by atoms with E-state index in [1.54, 1.807) is 18.3 Å². The van der Waals surface area contributed by atoms with Crippen molar-refractivity contribution >= 4 is 23.5 Å². The van der Waals surface area contributed by atoms with E-state index in [0.29, 0.717) is 31.2 Å². The molecule has 0 aromatic carbocycles. The van der Waals surface area contributed by atoms with Gasteiger partial charge in [0.1, 0.15) is 5.82 Å². The highest BCUT2D eigenvalue weighted by Crippen LogP contribution is 2.23. The lowest BCUT2D eigenvalue weighted by Gasteiger charge is -2.34. The van der Waals surface area contributed by atoms with Crippen LogP contribution >= 0.6 is 11.6 Å². The second-order valence-electron chi connectivity index (χ2n) is 3.57. The van der Waals surface area contributed by atoms with Gasteiger partial charge in [0.2, 0.25) is 0 Å². The van der Waals surface area contributed by atoms with E-state index in [-0.39, 0.29) is 0 Å². The molecule has 1 aliphatic rings. The van der Waals surface area contributed by atoms with Crippen molar-refractivity contribution in [3.63, 3.8) is 0 Å². The molecule has 0 saturated carbocycles. The van der Waals surface area contributed by atoms with Crippen LogP contribution in [-0.2, 0) is 0 Å². The summed E-state index contributed by atoms with van der Waals surface area (Å²) in [7, 11) is 0. The Morgan fingerprint density at radius 3 is 2.62 bits per heavy atom. The van der Waals surface area contributed by atoms with E-state index in [1.807, 2.05) is 4.90 Å². The summed E-state index contributed by atoms with van der Waals surface area (Å²) in [6.45, 7) is 2.23. The van der Waals surface area contributed by atoms with Crippen LogP contribution in [-0.4, -0.2) is 47.3 Å². The van der Waals surface area contributed by atoms with Crippen molar-refractivity contribution in [2.45, 2.75) is 0 Å². The van der Waals surface area contributed by atoms with E-state index in [0.717, 1.165) is 5.82 Å². The van der Waals surface area contributed by atoms with Gasteiger partial charge in [-0.2, -0.15) is 0 Å². The first-order valence-corrected chi connectivity index (χ1v) is 5.39. The van der Waals surface area contributed by atoms with Crippen LogP contribution in [0.25, 0.3) is 0 Å². The van der Waals surface area contributed by atoms with Crippen LogP contribution in [0.15, 0.2) is 18.3 Å². The lowest BCUT2D eigenvalue weighted by atomic mass is 10.3. The standard InChI is InChI=1S/C10H12ClN3O2/c11-8-2-1-3-12-9(8)13-4-6-14(7-5-13)10(15)16/h1-3H,4-7H2,(H,15,16). The van der Waals surface area contributed by atoms with Crippen LogP contribution in [0.3, 0.4) is 0 Å². The fraction of sp³-hybridized carbons (Fsp3) is 0.400. The molecule has 0 radical (unpaired) electrons. The lowest BCUT2D eigenvalue weighted by molar-refractivity contribution is 0.142. The highest BCUT2D eigenvalue weighted by atomic mass is 35.5. The summed E-state index contributed by atoms with van der Waals surface area (Å²) in [5.74, 6) is 0.731. The van der Waals surface area contributed by atoms with Gasteiger partial charge in [0, 0.05) is 32.4 Å². The third-order valence-electron chi connectivity index (χ3n) is 2.59. The molecule has 1 aromatic rings. The van der Waals surface area contributed by atoms with Gasteiger partial charge in [0.25, 0.3) is 0 Å². The topological polar surface area (TPSA) is 56.7 Å². The summed E-state index contributed by atoms with van der Waals surface area (Å²) in [4.78, 5) is 18.3. The Bertz CT molecular complexity index is 391. The van der Waals surface area contributed by atoms with Crippen molar-refractivity contribution in [3.8, 4) is 0 Å². The monoisotopic (exact) mass is 241 g/mol. The van der Waals surface area contributed by atoms with Crippen molar-refractivity contribution in [2.24, 2.45) is 0 Å². The summed E-state index contributed by atoms with van der Waals surface area (Å²) in [5.41, 5.74) is 0. The summed E-state index contributed by atoms with van der Waals surface area (Å²) in [5, 5.41) is 9.42. The molecule has 2 rings (SSSR count). The van der Waals surface area contributed by atoms with Crippen molar-refractivity contribution < 1.29 is 9.90 Å². The molecule has 5 nitrogen and oxygen atoms in total. The van der Waals surface area contributed by atoms with Gasteiger partial charge in [-0.3, -0.25) is 0 Å². The molecule has 0 atom stereocenters. The van der Waals surface area contributed by atoms with E-state index in [9.17, 15) is 4.79 Å². The first-order valence-electron chi connectivity index (χ1n) is 5.02.